The molecule has 0 aromatic heterocycles. The van der Waals surface area contributed by atoms with E-state index in [1.165, 1.54) is 25.7 Å². The Hall–Kier alpha value is -0.500. The molecular formula is C17H24O2. The van der Waals surface area contributed by atoms with E-state index in [-0.39, 0.29) is 6.10 Å². The van der Waals surface area contributed by atoms with E-state index in [2.05, 4.69) is 6.58 Å². The van der Waals surface area contributed by atoms with Crippen LogP contribution in [0.15, 0.2) is 12.8 Å². The second kappa shape index (κ2) is 3.58. The van der Waals surface area contributed by atoms with E-state index in [0.29, 0.717) is 12.0 Å². The first kappa shape index (κ1) is 11.2. The summed E-state index contributed by atoms with van der Waals surface area (Å²) in [5, 5.41) is 10.2. The van der Waals surface area contributed by atoms with Crippen LogP contribution in [0.25, 0.3) is 0 Å². The maximum Gasteiger partial charge on any atom is 0.101 e. The van der Waals surface area contributed by atoms with E-state index >= 15 is 0 Å². The number of hydrogen-bond acceptors (Lipinski definition) is 2. The van der Waals surface area contributed by atoms with Crippen molar-refractivity contribution in [2.75, 3.05) is 0 Å². The van der Waals surface area contributed by atoms with Crippen LogP contribution in [0.3, 0.4) is 0 Å². The molecule has 0 aromatic rings. The fourth-order valence-electron chi connectivity index (χ4n) is 7.55. The summed E-state index contributed by atoms with van der Waals surface area (Å²) in [6, 6.07) is 0. The summed E-state index contributed by atoms with van der Waals surface area (Å²) in [4.78, 5) is 0. The van der Waals surface area contributed by atoms with E-state index in [9.17, 15) is 5.11 Å². The third-order valence-electron chi connectivity index (χ3n) is 7.65. The Labute approximate surface area is 115 Å². The van der Waals surface area contributed by atoms with Crippen molar-refractivity contribution in [3.63, 3.8) is 0 Å². The van der Waals surface area contributed by atoms with Gasteiger partial charge >= 0.3 is 0 Å². The fraction of sp³-hybridized carbons (Fsp3) is 0.882. The summed E-state index contributed by atoms with van der Waals surface area (Å²) in [6.07, 6.45) is 8.64. The second-order valence-corrected chi connectivity index (χ2v) is 7.84. The second-order valence-electron chi connectivity index (χ2n) is 7.84. The summed E-state index contributed by atoms with van der Waals surface area (Å²) in [5.74, 6) is 6.87. The Kier molecular flexibility index (Phi) is 2.11. The number of aliphatic hydroxyl groups is 1. The molecule has 10 atom stereocenters. The topological polar surface area (TPSA) is 29.5 Å². The van der Waals surface area contributed by atoms with Crippen LogP contribution in [-0.2, 0) is 4.74 Å². The lowest BCUT2D eigenvalue weighted by Gasteiger charge is -2.43. The third-order valence-corrected chi connectivity index (χ3v) is 7.65. The smallest absolute Gasteiger partial charge is 0.101 e. The molecule has 10 unspecified atom stereocenters. The van der Waals surface area contributed by atoms with Crippen LogP contribution in [0.5, 0.6) is 0 Å². The minimum absolute atomic E-state index is 0.0330. The molecule has 104 valence electrons. The Balaban J connectivity index is 1.48. The molecule has 0 heterocycles. The SMILES string of the molecule is C=COC1CCC2C3CC(C12)C1C2CC(O)C(C2)C31. The van der Waals surface area contributed by atoms with Crippen molar-refractivity contribution in [1.82, 2.24) is 0 Å². The van der Waals surface area contributed by atoms with Crippen LogP contribution in [0.1, 0.15) is 32.1 Å². The molecule has 0 saturated heterocycles. The minimum Gasteiger partial charge on any atom is -0.498 e. The number of aliphatic hydroxyl groups excluding tert-OH is 1. The molecule has 5 aliphatic rings. The molecule has 1 N–H and O–H groups in total. The highest BCUT2D eigenvalue weighted by atomic mass is 16.5. The van der Waals surface area contributed by atoms with Crippen LogP contribution < -0.4 is 0 Å². The van der Waals surface area contributed by atoms with Gasteiger partial charge in [0.15, 0.2) is 0 Å². The van der Waals surface area contributed by atoms with Gasteiger partial charge in [-0.2, -0.15) is 0 Å². The van der Waals surface area contributed by atoms with E-state index in [1.54, 1.807) is 6.26 Å². The van der Waals surface area contributed by atoms with Crippen LogP contribution in [0.2, 0.25) is 0 Å². The van der Waals surface area contributed by atoms with Gasteiger partial charge in [-0.15, -0.1) is 0 Å². The van der Waals surface area contributed by atoms with Gasteiger partial charge < -0.3 is 9.84 Å². The molecule has 0 radical (unpaired) electrons. The molecular weight excluding hydrogens is 236 g/mol. The van der Waals surface area contributed by atoms with Crippen molar-refractivity contribution >= 4 is 0 Å². The summed E-state index contributed by atoms with van der Waals surface area (Å²) in [6.45, 7) is 3.76. The van der Waals surface area contributed by atoms with E-state index in [4.69, 9.17) is 4.74 Å². The molecule has 5 saturated carbocycles. The van der Waals surface area contributed by atoms with Gasteiger partial charge in [0.2, 0.25) is 0 Å². The van der Waals surface area contributed by atoms with Gasteiger partial charge in [0.05, 0.1) is 12.4 Å². The summed E-state index contributed by atoms with van der Waals surface area (Å²) in [7, 11) is 0. The monoisotopic (exact) mass is 260 g/mol. The molecule has 5 fully saturated rings. The zero-order chi connectivity index (χ0) is 12.7. The first-order valence-electron chi connectivity index (χ1n) is 8.24. The van der Waals surface area contributed by atoms with Gasteiger partial charge in [-0.3, -0.25) is 0 Å². The average molecular weight is 260 g/mol. The molecule has 2 nitrogen and oxygen atoms in total. The zero-order valence-electron chi connectivity index (χ0n) is 11.4. The van der Waals surface area contributed by atoms with Crippen LogP contribution >= 0.6 is 0 Å². The summed E-state index contributed by atoms with van der Waals surface area (Å²) in [5.41, 5.74) is 0. The maximum absolute atomic E-state index is 10.2. The Morgan fingerprint density at radius 3 is 2.63 bits per heavy atom. The van der Waals surface area contributed by atoms with Crippen LogP contribution in [-0.4, -0.2) is 17.3 Å². The fourth-order valence-corrected chi connectivity index (χ4v) is 7.55. The lowest BCUT2D eigenvalue weighted by Crippen LogP contribution is -2.42. The van der Waals surface area contributed by atoms with Crippen molar-refractivity contribution in [2.45, 2.75) is 44.3 Å². The van der Waals surface area contributed by atoms with Gasteiger partial charge in [-0.25, -0.2) is 0 Å². The van der Waals surface area contributed by atoms with Crippen LogP contribution in [0, 0.1) is 47.3 Å². The van der Waals surface area contributed by atoms with Gasteiger partial charge in [0, 0.05) is 5.92 Å². The van der Waals surface area contributed by atoms with Crippen molar-refractivity contribution in [3.8, 4) is 0 Å². The van der Waals surface area contributed by atoms with E-state index in [1.807, 2.05) is 0 Å². The highest BCUT2D eigenvalue weighted by Crippen LogP contribution is 2.72. The average Bonchev–Trinajstić information content (AvgIpc) is 3.08. The normalized spacial score (nSPS) is 64.3. The molecule has 0 aliphatic heterocycles. The van der Waals surface area contributed by atoms with Gasteiger partial charge in [0.1, 0.15) is 6.10 Å². The lowest BCUT2D eigenvalue weighted by molar-refractivity contribution is -0.0236. The van der Waals surface area contributed by atoms with Crippen LogP contribution in [0.4, 0.5) is 0 Å². The van der Waals surface area contributed by atoms with Crippen molar-refractivity contribution in [2.24, 2.45) is 47.3 Å². The molecule has 5 rings (SSSR count). The number of ether oxygens (including phenoxy) is 1. The van der Waals surface area contributed by atoms with Crippen molar-refractivity contribution in [1.29, 1.82) is 0 Å². The molecule has 0 spiro atoms. The van der Waals surface area contributed by atoms with Gasteiger partial charge in [-0.1, -0.05) is 6.58 Å². The van der Waals surface area contributed by atoms with Gasteiger partial charge in [-0.05, 0) is 73.5 Å². The number of hydrogen-bond donors (Lipinski definition) is 1. The van der Waals surface area contributed by atoms with Gasteiger partial charge in [0.25, 0.3) is 0 Å². The zero-order valence-corrected chi connectivity index (χ0v) is 11.4. The highest BCUT2D eigenvalue weighted by molar-refractivity contribution is 5.17. The quantitative estimate of drug-likeness (QED) is 0.611. The molecule has 5 aliphatic carbocycles. The predicted octanol–water partition coefficient (Wildman–Crippen LogP) is 2.82. The standard InChI is InChI=1S/C17H24O2/c1-2-19-14-4-3-9-10-7-12(16(9)14)15-8-5-11(17(10)15)13(18)6-8/h2,8-18H,1,3-7H2. The largest absolute Gasteiger partial charge is 0.498 e. The molecule has 0 aromatic carbocycles. The molecule has 2 heteroatoms. The lowest BCUT2D eigenvalue weighted by atomic mass is 9.63. The Morgan fingerprint density at radius 1 is 0.895 bits per heavy atom. The maximum atomic E-state index is 10.2. The molecule has 0 amide bonds. The Morgan fingerprint density at radius 2 is 1.79 bits per heavy atom. The number of rotatable bonds is 2. The minimum atomic E-state index is 0.0330. The van der Waals surface area contributed by atoms with E-state index < -0.39 is 0 Å². The van der Waals surface area contributed by atoms with Crippen molar-refractivity contribution < 1.29 is 9.84 Å². The first-order valence-corrected chi connectivity index (χ1v) is 8.24. The summed E-state index contributed by atoms with van der Waals surface area (Å²) < 4.78 is 5.83. The molecule has 19 heavy (non-hydrogen) atoms. The predicted molar refractivity (Wildman–Crippen MR) is 72.1 cm³/mol. The van der Waals surface area contributed by atoms with Crippen molar-refractivity contribution in [3.05, 3.63) is 12.8 Å². The molecule has 4 bridgehead atoms. The number of fused-ring (bicyclic) bond motifs is 12. The highest BCUT2D eigenvalue weighted by Gasteiger charge is 2.69. The first-order chi connectivity index (χ1) is 9.29. The Bertz CT molecular complexity index is 419. The third kappa shape index (κ3) is 1.19. The van der Waals surface area contributed by atoms with E-state index in [0.717, 1.165) is 47.8 Å². The summed E-state index contributed by atoms with van der Waals surface area (Å²) >= 11 is 0.